The van der Waals surface area contributed by atoms with E-state index in [1.807, 2.05) is 0 Å². The zero-order valence-corrected chi connectivity index (χ0v) is 13.1. The third-order valence-corrected chi connectivity index (χ3v) is 1.45. The molecule has 0 aliphatic heterocycles. The Morgan fingerprint density at radius 2 is 1.60 bits per heavy atom. The third kappa shape index (κ3) is 1.30. The first kappa shape index (κ1) is 8.60. The average molecular weight is 431 g/mol. The number of hydrogen-bond donors (Lipinski definition) is 1. The average Bonchev–Trinajstić information content (AvgIpc) is 1.83. The van der Waals surface area contributed by atoms with Crippen LogP contribution < -0.4 is 0 Å². The van der Waals surface area contributed by atoms with Crippen molar-refractivity contribution in [2.75, 3.05) is 0 Å². The first-order valence-electron chi connectivity index (χ1n) is 2.26. The summed E-state index contributed by atoms with van der Waals surface area (Å²) in [7, 11) is 0. The normalized spacial score (nSPS) is 8.60. The minimum atomic E-state index is -0.0860. The van der Waals surface area contributed by atoms with Gasteiger partial charge in [0.1, 0.15) is 0 Å². The summed E-state index contributed by atoms with van der Waals surface area (Å²) in [5, 5.41) is 9.37. The zero-order valence-electron chi connectivity index (χ0n) is 5.06. The van der Waals surface area contributed by atoms with Gasteiger partial charge < -0.3 is 5.11 Å². The van der Waals surface area contributed by atoms with E-state index in [9.17, 15) is 0 Å². The number of halogens is 2. The Labute approximate surface area is 62.8 Å². The molecule has 50 valence electrons. The smallest absolute Gasteiger partial charge is 0.0441 e. The van der Waals surface area contributed by atoms with E-state index < -0.39 is 0 Å². The van der Waals surface area contributed by atoms with E-state index in [1.54, 1.807) is 0 Å². The van der Waals surface area contributed by atoms with Gasteiger partial charge in [0.05, 0.1) is 0 Å². The Kier molecular flexibility index (Phi) is 2.53. The Hall–Kier alpha value is -1.40. The molecule has 0 heterocycles. The SMILES string of the molecule is Oc1c(Cl)c[c-]cc1Cl.[Hs]. The summed E-state index contributed by atoms with van der Waals surface area (Å²) in [5.74, 6) is -0.0860. The van der Waals surface area contributed by atoms with Gasteiger partial charge in [0.2, 0.25) is 0 Å². The molecule has 0 saturated carbocycles. The molecular formula is C6H3Cl2HsO-. The van der Waals surface area contributed by atoms with Crippen molar-refractivity contribution < 1.29 is 5.11 Å². The summed E-state index contributed by atoms with van der Waals surface area (Å²) in [6.07, 6.45) is 0. The van der Waals surface area contributed by atoms with Crippen LogP contribution in [0.1, 0.15) is 0 Å². The van der Waals surface area contributed by atoms with Gasteiger partial charge in [-0.05, 0) is 10.0 Å². The van der Waals surface area contributed by atoms with Gasteiger partial charge in [0.15, 0.2) is 0 Å². The van der Waals surface area contributed by atoms with E-state index >= 15 is 0 Å². The van der Waals surface area contributed by atoms with Gasteiger partial charge in [-0.25, -0.2) is 0 Å². The molecular weight excluding hydrogens is 428 g/mol. The molecule has 1 N–H and O–H groups in total. The molecule has 1 nitrogen and oxygen atoms in total. The standard InChI is InChI=1S/C6H3Cl2O.Hs/c7-4-2-1-3-5(8)6(4)9;/h2-3,9H;/q-1;. The van der Waals surface area contributed by atoms with Crippen molar-refractivity contribution in [3.8, 4) is 5.75 Å². The zero-order chi connectivity index (χ0) is 6.85. The molecule has 1 rings (SSSR count). The number of rotatable bonds is 0. The molecule has 0 aromatic heterocycles. The Morgan fingerprint density at radius 3 is 1.90 bits per heavy atom. The maximum Gasteiger partial charge on any atom is 0.0441 e. The monoisotopic (exact) mass is 430 g/mol. The van der Waals surface area contributed by atoms with Crippen LogP contribution in [-0.2, 0) is 0 Å². The topological polar surface area (TPSA) is 20.2 Å². The molecule has 0 unspecified atom stereocenters. The second-order valence-corrected chi connectivity index (χ2v) is 2.31. The van der Waals surface area contributed by atoms with Crippen LogP contribution in [0.5, 0.6) is 5.75 Å². The molecule has 0 bridgehead atoms. The van der Waals surface area contributed by atoms with Crippen LogP contribution in [0.15, 0.2) is 12.1 Å². The van der Waals surface area contributed by atoms with Crippen LogP contribution in [0, 0.1) is 6.07 Å². The fourth-order valence-electron chi connectivity index (χ4n) is 0.439. The Balaban J connectivity index is 0.000000810. The molecule has 0 radical (unpaired) electrons. The van der Waals surface area contributed by atoms with Gasteiger partial charge >= 0.3 is 0 Å². The van der Waals surface area contributed by atoms with Gasteiger partial charge in [0.25, 0.3) is 0 Å². The summed E-state index contributed by atoms with van der Waals surface area (Å²) in [5.41, 5.74) is 0. The van der Waals surface area contributed by atoms with Crippen molar-refractivity contribution in [2.45, 2.75) is 0 Å². The Morgan fingerprint density at radius 1 is 1.20 bits per heavy atom. The molecule has 0 fully saturated rings. The van der Waals surface area contributed by atoms with Crippen LogP contribution in [-0.4, -0.2) is 5.11 Å². The van der Waals surface area contributed by atoms with Gasteiger partial charge in [-0.2, -0.15) is 41.4 Å². The van der Waals surface area contributed by atoms with E-state index in [0.29, 0.717) is 0 Å². The minimum absolute atomic E-state index is 0. The second-order valence-electron chi connectivity index (χ2n) is 1.50. The van der Waals surface area contributed by atoms with Crippen LogP contribution in [0.25, 0.3) is 0 Å². The van der Waals surface area contributed by atoms with E-state index in [2.05, 4.69) is 6.07 Å². The molecule has 0 aliphatic rings. The third-order valence-electron chi connectivity index (χ3n) is 0.873. The van der Waals surface area contributed by atoms with Crippen LogP contribution >= 0.6 is 23.2 Å². The van der Waals surface area contributed by atoms with Gasteiger partial charge in [-0.1, -0.05) is 0 Å². The van der Waals surface area contributed by atoms with E-state index in [1.165, 1.54) is 12.1 Å². The van der Waals surface area contributed by atoms with E-state index in [0.717, 1.165) is 0 Å². The number of phenolic OH excluding ortho intramolecular Hbond substituents is 1. The summed E-state index contributed by atoms with van der Waals surface area (Å²) in [6, 6.07) is 5.54. The number of phenols is 1. The van der Waals surface area contributed by atoms with Gasteiger partial charge in [-0.15, -0.1) is 0 Å². The van der Waals surface area contributed by atoms with Crippen LogP contribution in [0.2, 0.25) is 10.0 Å². The molecule has 1 aromatic carbocycles. The molecule has 10 heavy (non-hydrogen) atoms. The molecule has 4 heteroatoms. The maximum atomic E-state index is 8.92. The molecule has 0 spiro atoms. The summed E-state index contributed by atoms with van der Waals surface area (Å²) >= 11 is 10.9. The molecule has 0 amide bonds. The van der Waals surface area contributed by atoms with Crippen LogP contribution in [0.4, 0.5) is 0 Å². The van der Waals surface area contributed by atoms with Crippen molar-refractivity contribution in [3.63, 3.8) is 0 Å². The Bertz CT molecular complexity index is 207. The van der Waals surface area contributed by atoms with Crippen molar-refractivity contribution in [1.29, 1.82) is 0 Å². The summed E-state index contributed by atoms with van der Waals surface area (Å²) < 4.78 is 0. The first-order valence-corrected chi connectivity index (χ1v) is 3.01. The van der Waals surface area contributed by atoms with Crippen molar-refractivity contribution in [1.82, 2.24) is 0 Å². The first-order chi connectivity index (χ1) is 4.22. The number of aromatic hydroxyl groups is 1. The maximum absolute atomic E-state index is 8.92. The number of hydrogen-bond acceptors (Lipinski definition) is 1. The fraction of sp³-hybridized carbons (Fsp3) is 0. The van der Waals surface area contributed by atoms with E-state index in [-0.39, 0.29) is 15.8 Å². The predicted molar refractivity (Wildman–Crippen MR) is 37.0 cm³/mol. The quantitative estimate of drug-likeness (QED) is 0.627. The van der Waals surface area contributed by atoms with Gasteiger partial charge in [-0.3, -0.25) is 0 Å². The number of benzene rings is 1. The fourth-order valence-corrected chi connectivity index (χ4v) is 0.817. The van der Waals surface area contributed by atoms with Crippen molar-refractivity contribution >= 4 is 23.2 Å². The largest absolute Gasteiger partial charge is 0.531 e. The van der Waals surface area contributed by atoms with Crippen LogP contribution in [0.3, 0.4) is 0 Å². The summed E-state index contributed by atoms with van der Waals surface area (Å²) in [4.78, 5) is 0. The summed E-state index contributed by atoms with van der Waals surface area (Å²) in [6.45, 7) is 0. The van der Waals surface area contributed by atoms with Crippen molar-refractivity contribution in [3.05, 3.63) is 28.2 Å². The second kappa shape index (κ2) is 2.95. The van der Waals surface area contributed by atoms with Gasteiger partial charge in [0, 0.05) is 5.75 Å². The molecule has 0 aliphatic carbocycles. The molecule has 0 saturated heterocycles. The minimum Gasteiger partial charge on any atom is -0.531 e. The molecule has 1 aromatic rings. The van der Waals surface area contributed by atoms with E-state index in [4.69, 9.17) is 28.3 Å². The van der Waals surface area contributed by atoms with Crippen molar-refractivity contribution in [2.24, 2.45) is 0 Å². The predicted octanol–water partition coefficient (Wildman–Crippen LogP) is 2.50. The molecule has 0 atom stereocenters.